The van der Waals surface area contributed by atoms with E-state index in [1.165, 1.54) is 11.3 Å². The van der Waals surface area contributed by atoms with Gasteiger partial charge in [0.05, 0.1) is 12.8 Å². The first-order valence-corrected chi connectivity index (χ1v) is 7.47. The van der Waals surface area contributed by atoms with Gasteiger partial charge in [0.1, 0.15) is 12.1 Å². The maximum Gasteiger partial charge on any atom is 0.218 e. The second kappa shape index (κ2) is 6.11. The Balaban J connectivity index is 1.65. The van der Waals surface area contributed by atoms with Gasteiger partial charge in [-0.25, -0.2) is 9.97 Å². The fraction of sp³-hybridized carbons (Fsp3) is 0.533. The van der Waals surface area contributed by atoms with E-state index < -0.39 is 0 Å². The predicted molar refractivity (Wildman–Crippen MR) is 80.7 cm³/mol. The van der Waals surface area contributed by atoms with Crippen LogP contribution in [0.5, 0.6) is 5.88 Å². The van der Waals surface area contributed by atoms with Crippen LogP contribution in [0, 0.1) is 6.92 Å². The van der Waals surface area contributed by atoms with Crippen molar-refractivity contribution < 1.29 is 4.74 Å². The van der Waals surface area contributed by atoms with E-state index in [1.807, 2.05) is 19.2 Å². The van der Waals surface area contributed by atoms with Crippen molar-refractivity contribution in [3.63, 3.8) is 0 Å². The van der Waals surface area contributed by atoms with Crippen LogP contribution in [0.25, 0.3) is 0 Å². The summed E-state index contributed by atoms with van der Waals surface area (Å²) in [5, 5.41) is 7.16. The van der Waals surface area contributed by atoms with Crippen LogP contribution in [0.15, 0.2) is 18.6 Å². The molecular weight excluding hydrogens is 266 g/mol. The molecule has 1 saturated heterocycles. The molecule has 0 spiro atoms. The molecule has 0 aliphatic carbocycles. The average molecular weight is 287 g/mol. The summed E-state index contributed by atoms with van der Waals surface area (Å²) in [6.45, 7) is 6.67. The molecule has 21 heavy (non-hydrogen) atoms. The van der Waals surface area contributed by atoms with Gasteiger partial charge >= 0.3 is 0 Å². The molecule has 0 unspecified atom stereocenters. The van der Waals surface area contributed by atoms with Gasteiger partial charge in [0.25, 0.3) is 0 Å². The number of aromatic amines is 1. The first-order valence-electron chi connectivity index (χ1n) is 7.47. The zero-order valence-electron chi connectivity index (χ0n) is 12.5. The maximum atomic E-state index is 5.44. The van der Waals surface area contributed by atoms with Crippen molar-refractivity contribution in [2.75, 3.05) is 24.6 Å². The number of nitrogens with zero attached hydrogens (tertiary/aromatic N) is 4. The van der Waals surface area contributed by atoms with Crippen molar-refractivity contribution in [3.05, 3.63) is 29.8 Å². The number of aromatic nitrogens is 4. The standard InChI is InChI=1S/C15H21N5O/c1-3-21-15-8-14(16-10-17-15)20-6-4-12(5-7-20)13-9-18-19-11(13)2/h8-10,12H,3-7H2,1-2H3,(H,18,19). The number of hydrogen-bond donors (Lipinski definition) is 1. The van der Waals surface area contributed by atoms with E-state index in [1.54, 1.807) is 6.33 Å². The Morgan fingerprint density at radius 2 is 2.14 bits per heavy atom. The zero-order chi connectivity index (χ0) is 14.7. The van der Waals surface area contributed by atoms with Gasteiger partial charge in [-0.2, -0.15) is 5.10 Å². The van der Waals surface area contributed by atoms with Crippen LogP contribution in [-0.4, -0.2) is 39.9 Å². The van der Waals surface area contributed by atoms with Crippen LogP contribution in [0.4, 0.5) is 5.82 Å². The van der Waals surface area contributed by atoms with Crippen molar-refractivity contribution in [2.24, 2.45) is 0 Å². The Bertz CT molecular complexity index is 589. The molecule has 0 bridgehead atoms. The second-order valence-electron chi connectivity index (χ2n) is 5.36. The number of rotatable bonds is 4. The molecule has 112 valence electrons. The molecule has 2 aromatic heterocycles. The van der Waals surface area contributed by atoms with E-state index in [-0.39, 0.29) is 0 Å². The monoisotopic (exact) mass is 287 g/mol. The van der Waals surface area contributed by atoms with E-state index in [9.17, 15) is 0 Å². The number of ether oxygens (including phenoxy) is 1. The summed E-state index contributed by atoms with van der Waals surface area (Å²) < 4.78 is 5.44. The van der Waals surface area contributed by atoms with E-state index in [0.717, 1.165) is 31.7 Å². The van der Waals surface area contributed by atoms with Gasteiger partial charge in [0, 0.05) is 24.8 Å². The fourth-order valence-corrected chi connectivity index (χ4v) is 2.92. The molecule has 2 aromatic rings. The van der Waals surface area contributed by atoms with E-state index in [0.29, 0.717) is 18.4 Å². The summed E-state index contributed by atoms with van der Waals surface area (Å²) in [6, 6.07) is 1.92. The predicted octanol–water partition coefficient (Wildman–Crippen LogP) is 2.29. The average Bonchev–Trinajstić information content (AvgIpc) is 2.94. The van der Waals surface area contributed by atoms with Gasteiger partial charge in [-0.3, -0.25) is 5.10 Å². The summed E-state index contributed by atoms with van der Waals surface area (Å²) in [6.07, 6.45) is 5.78. The van der Waals surface area contributed by atoms with E-state index >= 15 is 0 Å². The number of aryl methyl sites for hydroxylation is 1. The number of piperidine rings is 1. The molecular formula is C15H21N5O. The minimum Gasteiger partial charge on any atom is -0.478 e. The summed E-state index contributed by atoms with van der Waals surface area (Å²) in [5.41, 5.74) is 2.54. The largest absolute Gasteiger partial charge is 0.478 e. The highest BCUT2D eigenvalue weighted by Crippen LogP contribution is 2.31. The van der Waals surface area contributed by atoms with Crippen molar-refractivity contribution in [1.82, 2.24) is 20.2 Å². The topological polar surface area (TPSA) is 66.9 Å². The molecule has 3 heterocycles. The fourth-order valence-electron chi connectivity index (χ4n) is 2.92. The lowest BCUT2D eigenvalue weighted by Gasteiger charge is -2.32. The molecule has 0 amide bonds. The molecule has 1 aliphatic heterocycles. The number of anilines is 1. The molecule has 6 nitrogen and oxygen atoms in total. The van der Waals surface area contributed by atoms with Crippen LogP contribution in [0.3, 0.4) is 0 Å². The van der Waals surface area contributed by atoms with Crippen LogP contribution in [-0.2, 0) is 0 Å². The summed E-state index contributed by atoms with van der Waals surface area (Å²) in [5.74, 6) is 2.19. The minimum atomic E-state index is 0.591. The van der Waals surface area contributed by atoms with Gasteiger partial charge in [-0.15, -0.1) is 0 Å². The third kappa shape index (κ3) is 2.99. The molecule has 1 aliphatic rings. The summed E-state index contributed by atoms with van der Waals surface area (Å²) >= 11 is 0. The second-order valence-corrected chi connectivity index (χ2v) is 5.36. The number of H-pyrrole nitrogens is 1. The normalized spacial score (nSPS) is 16.2. The molecule has 0 aromatic carbocycles. The van der Waals surface area contributed by atoms with Gasteiger partial charge in [0.15, 0.2) is 0 Å². The lowest BCUT2D eigenvalue weighted by Crippen LogP contribution is -2.33. The Hall–Kier alpha value is -2.11. The molecule has 0 atom stereocenters. The summed E-state index contributed by atoms with van der Waals surface area (Å²) in [4.78, 5) is 10.8. The van der Waals surface area contributed by atoms with Crippen molar-refractivity contribution in [3.8, 4) is 5.88 Å². The van der Waals surface area contributed by atoms with Gasteiger partial charge < -0.3 is 9.64 Å². The molecule has 0 saturated carbocycles. The quantitative estimate of drug-likeness (QED) is 0.934. The first-order chi connectivity index (χ1) is 10.3. The Labute approximate surface area is 124 Å². The summed E-state index contributed by atoms with van der Waals surface area (Å²) in [7, 11) is 0. The smallest absolute Gasteiger partial charge is 0.218 e. The minimum absolute atomic E-state index is 0.591. The van der Waals surface area contributed by atoms with Crippen LogP contribution in [0.1, 0.15) is 36.9 Å². The molecule has 3 rings (SSSR count). The first kappa shape index (κ1) is 13.9. The van der Waals surface area contributed by atoms with Gasteiger partial charge in [-0.05, 0) is 38.2 Å². The third-order valence-electron chi connectivity index (χ3n) is 4.05. The Kier molecular flexibility index (Phi) is 4.03. The molecule has 6 heteroatoms. The Morgan fingerprint density at radius 1 is 1.33 bits per heavy atom. The van der Waals surface area contributed by atoms with Crippen molar-refractivity contribution in [1.29, 1.82) is 0 Å². The number of nitrogens with one attached hydrogen (secondary N) is 1. The maximum absolute atomic E-state index is 5.44. The zero-order valence-corrected chi connectivity index (χ0v) is 12.5. The van der Waals surface area contributed by atoms with Gasteiger partial charge in [-0.1, -0.05) is 0 Å². The van der Waals surface area contributed by atoms with Crippen molar-refractivity contribution in [2.45, 2.75) is 32.6 Å². The van der Waals surface area contributed by atoms with Gasteiger partial charge in [0.2, 0.25) is 5.88 Å². The number of hydrogen-bond acceptors (Lipinski definition) is 5. The lowest BCUT2D eigenvalue weighted by atomic mass is 9.90. The lowest BCUT2D eigenvalue weighted by molar-refractivity contribution is 0.326. The van der Waals surface area contributed by atoms with Crippen molar-refractivity contribution >= 4 is 5.82 Å². The molecule has 0 radical (unpaired) electrons. The van der Waals surface area contributed by atoms with E-state index in [2.05, 4.69) is 32.0 Å². The molecule has 1 N–H and O–H groups in total. The van der Waals surface area contributed by atoms with Crippen LogP contribution >= 0.6 is 0 Å². The highest BCUT2D eigenvalue weighted by molar-refractivity contribution is 5.41. The van der Waals surface area contributed by atoms with E-state index in [4.69, 9.17) is 4.74 Å². The Morgan fingerprint density at radius 3 is 2.81 bits per heavy atom. The molecule has 1 fully saturated rings. The highest BCUT2D eigenvalue weighted by Gasteiger charge is 2.23. The highest BCUT2D eigenvalue weighted by atomic mass is 16.5. The SMILES string of the molecule is CCOc1cc(N2CCC(c3cn[nH]c3C)CC2)ncn1. The third-order valence-corrected chi connectivity index (χ3v) is 4.05. The van der Waals surface area contributed by atoms with Crippen LogP contribution in [0.2, 0.25) is 0 Å². The van der Waals surface area contributed by atoms with Crippen LogP contribution < -0.4 is 9.64 Å².